The minimum atomic E-state index is -0.0673. The first kappa shape index (κ1) is 14.2. The summed E-state index contributed by atoms with van der Waals surface area (Å²) in [5.41, 5.74) is 7.01. The molecule has 0 radical (unpaired) electrons. The number of methoxy groups -OCH3 is 1. The Balaban J connectivity index is 2.45. The lowest BCUT2D eigenvalue weighted by atomic mass is 10.1. The number of hydrogen-bond acceptors (Lipinski definition) is 3. The van der Waals surface area contributed by atoms with Gasteiger partial charge in [0.2, 0.25) is 0 Å². The standard InChI is InChI=1S/C15H15ClN2O2/c1-9-3-4-10(16)7-13(9)20-14-8-11(19-2)5-6-12(14)15(17)18/h3-8H,1-2H3,(H3,17,18). The van der Waals surface area contributed by atoms with Crippen molar-refractivity contribution < 1.29 is 9.47 Å². The van der Waals surface area contributed by atoms with E-state index in [1.807, 2.05) is 13.0 Å². The fourth-order valence-electron chi connectivity index (χ4n) is 1.74. The van der Waals surface area contributed by atoms with Crippen molar-refractivity contribution in [1.82, 2.24) is 0 Å². The molecule has 0 aromatic heterocycles. The van der Waals surface area contributed by atoms with Crippen molar-refractivity contribution in [3.8, 4) is 17.2 Å². The Morgan fingerprint density at radius 2 is 1.90 bits per heavy atom. The van der Waals surface area contributed by atoms with Crippen LogP contribution >= 0.6 is 11.6 Å². The van der Waals surface area contributed by atoms with Crippen LogP contribution in [0.2, 0.25) is 5.02 Å². The third kappa shape index (κ3) is 3.03. The normalized spacial score (nSPS) is 10.2. The van der Waals surface area contributed by atoms with E-state index in [0.29, 0.717) is 27.8 Å². The lowest BCUT2D eigenvalue weighted by molar-refractivity contribution is 0.408. The molecule has 104 valence electrons. The zero-order valence-corrected chi connectivity index (χ0v) is 12.0. The van der Waals surface area contributed by atoms with Gasteiger partial charge in [0.15, 0.2) is 0 Å². The highest BCUT2D eigenvalue weighted by molar-refractivity contribution is 6.30. The average Bonchev–Trinajstić information content (AvgIpc) is 2.42. The molecule has 0 atom stereocenters. The highest BCUT2D eigenvalue weighted by atomic mass is 35.5. The molecule has 20 heavy (non-hydrogen) atoms. The summed E-state index contributed by atoms with van der Waals surface area (Å²) in [6.07, 6.45) is 0. The maximum Gasteiger partial charge on any atom is 0.142 e. The molecule has 0 saturated carbocycles. The smallest absolute Gasteiger partial charge is 0.142 e. The van der Waals surface area contributed by atoms with Crippen LogP contribution in [0.25, 0.3) is 0 Å². The molecule has 0 bridgehead atoms. The summed E-state index contributed by atoms with van der Waals surface area (Å²) in [4.78, 5) is 0. The Bertz CT molecular complexity index is 656. The summed E-state index contributed by atoms with van der Waals surface area (Å²) in [6, 6.07) is 10.5. The molecule has 0 fully saturated rings. The van der Waals surface area contributed by atoms with E-state index in [2.05, 4.69) is 0 Å². The van der Waals surface area contributed by atoms with E-state index in [1.54, 1.807) is 37.4 Å². The second kappa shape index (κ2) is 5.84. The SMILES string of the molecule is COc1ccc(C(=N)N)c(Oc2cc(Cl)ccc2C)c1. The lowest BCUT2D eigenvalue weighted by Gasteiger charge is -2.13. The Kier molecular flexibility index (Phi) is 4.15. The first-order valence-electron chi connectivity index (χ1n) is 5.97. The fraction of sp³-hybridized carbons (Fsp3) is 0.133. The zero-order valence-electron chi connectivity index (χ0n) is 11.2. The van der Waals surface area contributed by atoms with Crippen molar-refractivity contribution >= 4 is 17.4 Å². The van der Waals surface area contributed by atoms with Gasteiger partial charge in [0, 0.05) is 11.1 Å². The van der Waals surface area contributed by atoms with Gasteiger partial charge in [-0.15, -0.1) is 0 Å². The lowest BCUT2D eigenvalue weighted by Crippen LogP contribution is -2.12. The van der Waals surface area contributed by atoms with Gasteiger partial charge in [-0.25, -0.2) is 0 Å². The van der Waals surface area contributed by atoms with E-state index in [-0.39, 0.29) is 5.84 Å². The quantitative estimate of drug-likeness (QED) is 0.666. The van der Waals surface area contributed by atoms with Crippen LogP contribution in [0.4, 0.5) is 0 Å². The molecular formula is C15H15ClN2O2. The first-order valence-corrected chi connectivity index (χ1v) is 6.35. The van der Waals surface area contributed by atoms with Gasteiger partial charge in [0.25, 0.3) is 0 Å². The van der Waals surface area contributed by atoms with Crippen molar-refractivity contribution in [3.05, 3.63) is 52.5 Å². The number of amidine groups is 1. The summed E-state index contributed by atoms with van der Waals surface area (Å²) in [7, 11) is 1.57. The predicted octanol–water partition coefficient (Wildman–Crippen LogP) is 3.73. The third-order valence-electron chi connectivity index (χ3n) is 2.85. The Labute approximate surface area is 122 Å². The van der Waals surface area contributed by atoms with E-state index in [1.165, 1.54) is 0 Å². The van der Waals surface area contributed by atoms with E-state index >= 15 is 0 Å². The number of nitrogens with two attached hydrogens (primary N) is 1. The first-order chi connectivity index (χ1) is 9.51. The molecule has 0 aliphatic heterocycles. The van der Waals surface area contributed by atoms with Crippen LogP contribution < -0.4 is 15.2 Å². The Morgan fingerprint density at radius 1 is 1.15 bits per heavy atom. The number of benzene rings is 2. The topological polar surface area (TPSA) is 68.3 Å². The van der Waals surface area contributed by atoms with Gasteiger partial charge in [-0.1, -0.05) is 17.7 Å². The monoisotopic (exact) mass is 290 g/mol. The number of nitrogens with one attached hydrogen (secondary N) is 1. The minimum absolute atomic E-state index is 0.0673. The number of rotatable bonds is 4. The van der Waals surface area contributed by atoms with Gasteiger partial charge in [-0.3, -0.25) is 5.41 Å². The summed E-state index contributed by atoms with van der Waals surface area (Å²) < 4.78 is 11.0. The number of halogens is 1. The number of hydrogen-bond donors (Lipinski definition) is 2. The summed E-state index contributed by atoms with van der Waals surface area (Å²) in [5, 5.41) is 8.18. The van der Waals surface area contributed by atoms with Crippen molar-refractivity contribution in [2.24, 2.45) is 5.73 Å². The number of nitrogen functional groups attached to an aromatic ring is 1. The Hall–Kier alpha value is -2.20. The van der Waals surface area contributed by atoms with Gasteiger partial charge in [0.05, 0.1) is 12.7 Å². The molecule has 4 nitrogen and oxygen atoms in total. The maximum atomic E-state index is 7.60. The molecule has 0 aliphatic carbocycles. The Morgan fingerprint density at radius 3 is 2.55 bits per heavy atom. The minimum Gasteiger partial charge on any atom is -0.497 e. The predicted molar refractivity (Wildman–Crippen MR) is 80.3 cm³/mol. The van der Waals surface area contributed by atoms with Crippen molar-refractivity contribution in [2.45, 2.75) is 6.92 Å². The molecule has 0 unspecified atom stereocenters. The van der Waals surface area contributed by atoms with Crippen LogP contribution in [-0.4, -0.2) is 12.9 Å². The van der Waals surface area contributed by atoms with E-state index in [4.69, 9.17) is 32.2 Å². The molecule has 5 heteroatoms. The second-order valence-corrected chi connectivity index (χ2v) is 4.72. The molecule has 0 amide bonds. The molecule has 2 aromatic carbocycles. The summed E-state index contributed by atoms with van der Waals surface area (Å²) in [5.74, 6) is 1.64. The molecular weight excluding hydrogens is 276 g/mol. The zero-order chi connectivity index (χ0) is 14.7. The average molecular weight is 291 g/mol. The van der Waals surface area contributed by atoms with Crippen molar-refractivity contribution in [3.63, 3.8) is 0 Å². The highest BCUT2D eigenvalue weighted by Gasteiger charge is 2.11. The van der Waals surface area contributed by atoms with Gasteiger partial charge >= 0.3 is 0 Å². The van der Waals surface area contributed by atoms with Crippen molar-refractivity contribution in [2.75, 3.05) is 7.11 Å². The highest BCUT2D eigenvalue weighted by Crippen LogP contribution is 2.32. The van der Waals surface area contributed by atoms with Crippen LogP contribution in [0.3, 0.4) is 0 Å². The third-order valence-corrected chi connectivity index (χ3v) is 3.08. The molecule has 0 spiro atoms. The second-order valence-electron chi connectivity index (χ2n) is 4.29. The van der Waals surface area contributed by atoms with E-state index in [0.717, 1.165) is 5.56 Å². The van der Waals surface area contributed by atoms with Gasteiger partial charge in [-0.2, -0.15) is 0 Å². The molecule has 0 saturated heterocycles. The molecule has 0 heterocycles. The van der Waals surface area contributed by atoms with Crippen molar-refractivity contribution in [1.29, 1.82) is 5.41 Å². The largest absolute Gasteiger partial charge is 0.497 e. The van der Waals surface area contributed by atoms with Crippen LogP contribution in [0, 0.1) is 12.3 Å². The van der Waals surface area contributed by atoms with E-state index in [9.17, 15) is 0 Å². The summed E-state index contributed by atoms with van der Waals surface area (Å²) in [6.45, 7) is 1.92. The fourth-order valence-corrected chi connectivity index (χ4v) is 1.90. The number of aryl methyl sites for hydroxylation is 1. The van der Waals surface area contributed by atoms with Gasteiger partial charge in [-0.05, 0) is 36.8 Å². The molecule has 0 aliphatic rings. The summed E-state index contributed by atoms with van der Waals surface area (Å²) >= 11 is 5.97. The van der Waals surface area contributed by atoms with Gasteiger partial charge in [0.1, 0.15) is 23.1 Å². The number of ether oxygens (including phenoxy) is 2. The van der Waals surface area contributed by atoms with Gasteiger partial charge < -0.3 is 15.2 Å². The maximum absolute atomic E-state index is 7.60. The van der Waals surface area contributed by atoms with Crippen LogP contribution in [-0.2, 0) is 0 Å². The van der Waals surface area contributed by atoms with Crippen LogP contribution in [0.15, 0.2) is 36.4 Å². The molecule has 2 rings (SSSR count). The van der Waals surface area contributed by atoms with E-state index < -0.39 is 0 Å². The molecule has 2 aromatic rings. The van der Waals surface area contributed by atoms with Crippen LogP contribution in [0.5, 0.6) is 17.2 Å². The van der Waals surface area contributed by atoms with Crippen LogP contribution in [0.1, 0.15) is 11.1 Å². The molecule has 3 N–H and O–H groups in total.